The Bertz CT molecular complexity index is 710. The topological polar surface area (TPSA) is 84.9 Å². The van der Waals surface area contributed by atoms with Gasteiger partial charge in [-0.3, -0.25) is 4.79 Å². The Labute approximate surface area is 146 Å². The number of amides is 1. The molecule has 1 amide bonds. The smallest absolute Gasteiger partial charge is 0.338 e. The van der Waals surface area contributed by atoms with Gasteiger partial charge in [-0.1, -0.05) is 12.1 Å². The van der Waals surface area contributed by atoms with Gasteiger partial charge in [-0.25, -0.2) is 4.79 Å². The van der Waals surface area contributed by atoms with Gasteiger partial charge in [-0.2, -0.15) is 0 Å². The first kappa shape index (κ1) is 18.5. The van der Waals surface area contributed by atoms with Crippen molar-refractivity contribution in [1.29, 1.82) is 0 Å². The molecule has 6 nitrogen and oxygen atoms in total. The number of carbonyl (C=O) groups excluding carboxylic acids is 2. The van der Waals surface area contributed by atoms with Crippen molar-refractivity contribution in [2.75, 3.05) is 11.9 Å². The van der Waals surface area contributed by atoms with Gasteiger partial charge in [0.2, 0.25) is 0 Å². The first-order valence-electron chi connectivity index (χ1n) is 7.98. The maximum atomic E-state index is 12.1. The number of aliphatic hydroxyl groups is 1. The van der Waals surface area contributed by atoms with Gasteiger partial charge >= 0.3 is 5.97 Å². The van der Waals surface area contributed by atoms with Crippen LogP contribution in [0.1, 0.15) is 29.8 Å². The summed E-state index contributed by atoms with van der Waals surface area (Å²) in [5.74, 6) is -0.311. The lowest BCUT2D eigenvalue weighted by atomic mass is 10.1. The summed E-state index contributed by atoms with van der Waals surface area (Å²) in [5, 5.41) is 11.7. The summed E-state index contributed by atoms with van der Waals surface area (Å²) in [6.45, 7) is 3.86. The van der Waals surface area contributed by atoms with Crippen molar-refractivity contribution in [2.24, 2.45) is 0 Å². The van der Waals surface area contributed by atoms with Crippen molar-refractivity contribution in [3.8, 4) is 5.75 Å². The SMILES string of the molecule is CCOc1ccc(NC(=O)[C@@H](C)OC(=O)c2ccc(CO)cc2)cc1. The highest BCUT2D eigenvalue weighted by Crippen LogP contribution is 2.16. The Kier molecular flexibility index (Phi) is 6.54. The number of benzene rings is 2. The van der Waals surface area contributed by atoms with Crippen molar-refractivity contribution in [3.05, 3.63) is 59.7 Å². The van der Waals surface area contributed by atoms with Crippen molar-refractivity contribution in [2.45, 2.75) is 26.6 Å². The molecule has 0 unspecified atom stereocenters. The Morgan fingerprint density at radius 2 is 1.72 bits per heavy atom. The van der Waals surface area contributed by atoms with Gasteiger partial charge in [0, 0.05) is 5.69 Å². The highest BCUT2D eigenvalue weighted by atomic mass is 16.5. The number of esters is 1. The number of carbonyl (C=O) groups is 2. The lowest BCUT2D eigenvalue weighted by molar-refractivity contribution is -0.123. The van der Waals surface area contributed by atoms with Gasteiger partial charge in [-0.05, 0) is 55.8 Å². The van der Waals surface area contributed by atoms with Gasteiger partial charge in [0.1, 0.15) is 5.75 Å². The first-order valence-corrected chi connectivity index (χ1v) is 7.98. The Balaban J connectivity index is 1.91. The minimum absolute atomic E-state index is 0.101. The minimum atomic E-state index is -0.948. The van der Waals surface area contributed by atoms with E-state index in [2.05, 4.69) is 5.32 Å². The molecule has 0 radical (unpaired) electrons. The zero-order valence-electron chi connectivity index (χ0n) is 14.2. The second kappa shape index (κ2) is 8.84. The molecule has 25 heavy (non-hydrogen) atoms. The molecule has 0 aliphatic rings. The number of nitrogens with one attached hydrogen (secondary N) is 1. The molecule has 0 fully saturated rings. The molecule has 6 heteroatoms. The molecule has 0 saturated carbocycles. The van der Waals surface area contributed by atoms with Gasteiger partial charge in [0.25, 0.3) is 5.91 Å². The minimum Gasteiger partial charge on any atom is -0.494 e. The third kappa shape index (κ3) is 5.32. The molecule has 0 aliphatic carbocycles. The number of aliphatic hydroxyl groups excluding tert-OH is 1. The van der Waals surface area contributed by atoms with Crippen molar-refractivity contribution >= 4 is 17.6 Å². The van der Waals surface area contributed by atoms with E-state index in [-0.39, 0.29) is 6.61 Å². The largest absolute Gasteiger partial charge is 0.494 e. The van der Waals surface area contributed by atoms with Crippen LogP contribution in [0.15, 0.2) is 48.5 Å². The molecule has 0 saturated heterocycles. The Morgan fingerprint density at radius 3 is 2.28 bits per heavy atom. The van der Waals surface area contributed by atoms with E-state index >= 15 is 0 Å². The zero-order chi connectivity index (χ0) is 18.2. The van der Waals surface area contributed by atoms with Gasteiger partial charge in [-0.15, -0.1) is 0 Å². The summed E-state index contributed by atoms with van der Waals surface area (Å²) in [5.41, 5.74) is 1.60. The highest BCUT2D eigenvalue weighted by Gasteiger charge is 2.19. The van der Waals surface area contributed by atoms with Crippen LogP contribution in [0.4, 0.5) is 5.69 Å². The van der Waals surface area contributed by atoms with Crippen LogP contribution in [-0.2, 0) is 16.1 Å². The second-order valence-corrected chi connectivity index (χ2v) is 5.35. The van der Waals surface area contributed by atoms with E-state index in [1.54, 1.807) is 48.5 Å². The fraction of sp³-hybridized carbons (Fsp3) is 0.263. The third-order valence-electron chi connectivity index (χ3n) is 3.46. The molecule has 0 heterocycles. The molecule has 2 N–H and O–H groups in total. The summed E-state index contributed by atoms with van der Waals surface area (Å²) < 4.78 is 10.5. The lowest BCUT2D eigenvalue weighted by Crippen LogP contribution is -2.30. The average Bonchev–Trinajstić information content (AvgIpc) is 2.63. The molecule has 2 aromatic rings. The highest BCUT2D eigenvalue weighted by molar-refractivity contribution is 5.97. The van der Waals surface area contributed by atoms with Crippen LogP contribution in [0.5, 0.6) is 5.75 Å². The van der Waals surface area contributed by atoms with Crippen molar-refractivity contribution in [3.63, 3.8) is 0 Å². The van der Waals surface area contributed by atoms with Crippen LogP contribution in [0, 0.1) is 0 Å². The van der Waals surface area contributed by atoms with Crippen LogP contribution in [0.2, 0.25) is 0 Å². The summed E-state index contributed by atoms with van der Waals surface area (Å²) in [4.78, 5) is 24.2. The Hall–Kier alpha value is -2.86. The molecule has 2 rings (SSSR count). The number of hydrogen-bond donors (Lipinski definition) is 2. The lowest BCUT2D eigenvalue weighted by Gasteiger charge is -2.14. The number of anilines is 1. The maximum absolute atomic E-state index is 12.1. The standard InChI is InChI=1S/C19H21NO5/c1-3-24-17-10-8-16(9-11-17)20-18(22)13(2)25-19(23)15-6-4-14(12-21)5-7-15/h4-11,13,21H,3,12H2,1-2H3,(H,20,22)/t13-/m1/s1. The van der Waals surface area contributed by atoms with Crippen LogP contribution in [0.3, 0.4) is 0 Å². The zero-order valence-corrected chi connectivity index (χ0v) is 14.2. The predicted molar refractivity (Wildman–Crippen MR) is 93.5 cm³/mol. The quantitative estimate of drug-likeness (QED) is 0.755. The van der Waals surface area contributed by atoms with E-state index in [0.717, 1.165) is 0 Å². The third-order valence-corrected chi connectivity index (χ3v) is 3.46. The van der Waals surface area contributed by atoms with Crippen LogP contribution >= 0.6 is 0 Å². The molecule has 0 aliphatic heterocycles. The molecular formula is C19H21NO5. The molecule has 0 aromatic heterocycles. The van der Waals surface area contributed by atoms with Gasteiger partial charge < -0.3 is 19.9 Å². The maximum Gasteiger partial charge on any atom is 0.338 e. The van der Waals surface area contributed by atoms with E-state index in [1.165, 1.54) is 6.92 Å². The summed E-state index contributed by atoms with van der Waals surface area (Å²) in [6, 6.07) is 13.3. The van der Waals surface area contributed by atoms with E-state index in [1.807, 2.05) is 6.92 Å². The fourth-order valence-corrected chi connectivity index (χ4v) is 2.07. The number of rotatable bonds is 7. The molecular weight excluding hydrogens is 322 g/mol. The van der Waals surface area contributed by atoms with E-state index < -0.39 is 18.0 Å². The summed E-state index contributed by atoms with van der Waals surface area (Å²) >= 11 is 0. The second-order valence-electron chi connectivity index (χ2n) is 5.35. The first-order chi connectivity index (χ1) is 12.0. The van der Waals surface area contributed by atoms with Crippen molar-refractivity contribution in [1.82, 2.24) is 0 Å². The van der Waals surface area contributed by atoms with E-state index in [9.17, 15) is 9.59 Å². The molecule has 132 valence electrons. The monoisotopic (exact) mass is 343 g/mol. The molecule has 2 aromatic carbocycles. The van der Waals surface area contributed by atoms with Gasteiger partial charge in [0.05, 0.1) is 18.8 Å². The predicted octanol–water partition coefficient (Wildman–Crippen LogP) is 2.76. The van der Waals surface area contributed by atoms with Crippen molar-refractivity contribution < 1.29 is 24.2 Å². The van der Waals surface area contributed by atoms with E-state index in [4.69, 9.17) is 14.6 Å². The number of hydrogen-bond acceptors (Lipinski definition) is 5. The van der Waals surface area contributed by atoms with E-state index in [0.29, 0.717) is 29.2 Å². The normalized spacial score (nSPS) is 11.5. The Morgan fingerprint density at radius 1 is 1.08 bits per heavy atom. The fourth-order valence-electron chi connectivity index (χ4n) is 2.07. The molecule has 0 bridgehead atoms. The average molecular weight is 343 g/mol. The molecule has 0 spiro atoms. The number of ether oxygens (including phenoxy) is 2. The molecule has 1 atom stereocenters. The van der Waals surface area contributed by atoms with Crippen LogP contribution < -0.4 is 10.1 Å². The van der Waals surface area contributed by atoms with Crippen LogP contribution in [-0.4, -0.2) is 29.7 Å². The van der Waals surface area contributed by atoms with Crippen LogP contribution in [0.25, 0.3) is 0 Å². The summed E-state index contributed by atoms with van der Waals surface area (Å²) in [6.07, 6.45) is -0.948. The van der Waals surface area contributed by atoms with Gasteiger partial charge in [0.15, 0.2) is 6.10 Å². The summed E-state index contributed by atoms with van der Waals surface area (Å²) in [7, 11) is 0.